The lowest BCUT2D eigenvalue weighted by Gasteiger charge is -2.28. The zero-order valence-corrected chi connectivity index (χ0v) is 11.1. The first-order chi connectivity index (χ1) is 8.75. The normalized spacial score (nSPS) is 18.3. The van der Waals surface area contributed by atoms with Gasteiger partial charge in [0.2, 0.25) is 0 Å². The summed E-state index contributed by atoms with van der Waals surface area (Å²) in [7, 11) is 0. The van der Waals surface area contributed by atoms with Crippen LogP contribution in [-0.4, -0.2) is 6.54 Å². The van der Waals surface area contributed by atoms with Crippen molar-refractivity contribution in [3.8, 4) is 0 Å². The molecule has 0 spiro atoms. The van der Waals surface area contributed by atoms with Crippen LogP contribution in [0.5, 0.6) is 0 Å². The van der Waals surface area contributed by atoms with E-state index in [4.69, 9.17) is 5.73 Å². The fourth-order valence-corrected chi connectivity index (χ4v) is 3.42. The molecule has 1 heteroatoms. The topological polar surface area (TPSA) is 26.0 Å². The Labute approximate surface area is 109 Å². The smallest absolute Gasteiger partial charge is 0.00757 e. The van der Waals surface area contributed by atoms with Crippen LogP contribution in [0.3, 0.4) is 0 Å². The van der Waals surface area contributed by atoms with Crippen molar-refractivity contribution in [3.05, 3.63) is 47.5 Å². The van der Waals surface area contributed by atoms with Gasteiger partial charge in [0.1, 0.15) is 0 Å². The molecule has 0 atom stereocenters. The molecule has 1 aliphatic carbocycles. The van der Waals surface area contributed by atoms with E-state index in [0.717, 1.165) is 6.54 Å². The summed E-state index contributed by atoms with van der Waals surface area (Å²) in [6.45, 7) is 2.97. The number of hydrogen-bond acceptors (Lipinski definition) is 1. The van der Waals surface area contributed by atoms with Gasteiger partial charge < -0.3 is 5.73 Å². The van der Waals surface area contributed by atoms with Crippen LogP contribution in [0.25, 0.3) is 10.8 Å². The molecule has 2 aromatic rings. The minimum atomic E-state index is 0.246. The Kier molecular flexibility index (Phi) is 2.87. The van der Waals surface area contributed by atoms with Gasteiger partial charge in [0, 0.05) is 12.0 Å². The van der Waals surface area contributed by atoms with Crippen LogP contribution >= 0.6 is 0 Å². The molecule has 0 amide bonds. The van der Waals surface area contributed by atoms with Crippen molar-refractivity contribution in [2.24, 2.45) is 5.73 Å². The summed E-state index contributed by atoms with van der Waals surface area (Å²) >= 11 is 0. The van der Waals surface area contributed by atoms with Crippen molar-refractivity contribution in [1.29, 1.82) is 0 Å². The van der Waals surface area contributed by atoms with Gasteiger partial charge in [-0.25, -0.2) is 0 Å². The largest absolute Gasteiger partial charge is 0.330 e. The van der Waals surface area contributed by atoms with Gasteiger partial charge in [0.25, 0.3) is 0 Å². The summed E-state index contributed by atoms with van der Waals surface area (Å²) in [6, 6.07) is 13.4. The summed E-state index contributed by atoms with van der Waals surface area (Å²) in [5.74, 6) is 0. The third-order valence-corrected chi connectivity index (χ3v) is 4.66. The van der Waals surface area contributed by atoms with Gasteiger partial charge >= 0.3 is 0 Å². The highest BCUT2D eigenvalue weighted by Crippen LogP contribution is 2.41. The molecule has 18 heavy (non-hydrogen) atoms. The van der Waals surface area contributed by atoms with Crippen LogP contribution in [0.2, 0.25) is 0 Å². The molecule has 0 bridgehead atoms. The van der Waals surface area contributed by atoms with Crippen molar-refractivity contribution in [1.82, 2.24) is 0 Å². The fourth-order valence-electron chi connectivity index (χ4n) is 3.42. The zero-order chi connectivity index (χ0) is 12.6. The molecular formula is C17H21N. The average Bonchev–Trinajstić information content (AvgIpc) is 2.89. The number of fused-ring (bicyclic) bond motifs is 1. The van der Waals surface area contributed by atoms with Crippen LogP contribution in [-0.2, 0) is 5.41 Å². The molecule has 1 nitrogen and oxygen atoms in total. The predicted molar refractivity (Wildman–Crippen MR) is 77.9 cm³/mol. The van der Waals surface area contributed by atoms with Gasteiger partial charge in [-0.05, 0) is 41.7 Å². The van der Waals surface area contributed by atoms with Crippen LogP contribution in [0.4, 0.5) is 0 Å². The van der Waals surface area contributed by atoms with Crippen molar-refractivity contribution in [3.63, 3.8) is 0 Å². The molecule has 0 aliphatic heterocycles. The molecular weight excluding hydrogens is 218 g/mol. The van der Waals surface area contributed by atoms with Gasteiger partial charge in [-0.15, -0.1) is 0 Å². The molecule has 2 N–H and O–H groups in total. The Balaban J connectivity index is 2.15. The van der Waals surface area contributed by atoms with E-state index in [1.165, 1.54) is 47.6 Å². The number of benzene rings is 2. The SMILES string of the molecule is Cc1cccc2ccc(C3(CN)CCCC3)cc12. The van der Waals surface area contributed by atoms with Gasteiger partial charge in [-0.3, -0.25) is 0 Å². The van der Waals surface area contributed by atoms with E-state index in [1.807, 2.05) is 0 Å². The van der Waals surface area contributed by atoms with Crippen LogP contribution in [0.1, 0.15) is 36.8 Å². The lowest BCUT2D eigenvalue weighted by atomic mass is 9.78. The Bertz CT molecular complexity index is 565. The standard InChI is InChI=1S/C17H21N/c1-13-5-4-6-14-7-8-15(11-16(13)14)17(12-18)9-2-3-10-17/h4-8,11H,2-3,9-10,12,18H2,1H3. The third-order valence-electron chi connectivity index (χ3n) is 4.66. The first-order valence-electron chi connectivity index (χ1n) is 6.95. The minimum Gasteiger partial charge on any atom is -0.330 e. The first kappa shape index (κ1) is 11.7. The quantitative estimate of drug-likeness (QED) is 0.844. The summed E-state index contributed by atoms with van der Waals surface area (Å²) in [4.78, 5) is 0. The van der Waals surface area contributed by atoms with Crippen LogP contribution < -0.4 is 5.73 Å². The van der Waals surface area contributed by atoms with Crippen molar-refractivity contribution < 1.29 is 0 Å². The van der Waals surface area contributed by atoms with E-state index in [9.17, 15) is 0 Å². The van der Waals surface area contributed by atoms with E-state index in [2.05, 4.69) is 43.3 Å². The Morgan fingerprint density at radius 1 is 1.11 bits per heavy atom. The molecule has 0 heterocycles. The second-order valence-corrected chi connectivity index (χ2v) is 5.70. The maximum atomic E-state index is 6.08. The summed E-state index contributed by atoms with van der Waals surface area (Å²) in [5.41, 5.74) is 9.14. The third kappa shape index (κ3) is 1.74. The molecule has 94 valence electrons. The monoisotopic (exact) mass is 239 g/mol. The zero-order valence-electron chi connectivity index (χ0n) is 11.1. The molecule has 2 aromatic carbocycles. The number of aryl methyl sites for hydroxylation is 1. The average molecular weight is 239 g/mol. The number of rotatable bonds is 2. The first-order valence-corrected chi connectivity index (χ1v) is 6.95. The van der Waals surface area contributed by atoms with Crippen LogP contribution in [0, 0.1) is 6.92 Å². The van der Waals surface area contributed by atoms with Gasteiger partial charge in [-0.2, -0.15) is 0 Å². The molecule has 1 saturated carbocycles. The second-order valence-electron chi connectivity index (χ2n) is 5.70. The van der Waals surface area contributed by atoms with E-state index < -0.39 is 0 Å². The highest BCUT2D eigenvalue weighted by molar-refractivity contribution is 5.86. The maximum absolute atomic E-state index is 6.08. The molecule has 0 aromatic heterocycles. The molecule has 0 unspecified atom stereocenters. The summed E-state index contributed by atoms with van der Waals surface area (Å²) < 4.78 is 0. The van der Waals surface area contributed by atoms with E-state index in [1.54, 1.807) is 0 Å². The maximum Gasteiger partial charge on any atom is 0.00757 e. The minimum absolute atomic E-state index is 0.246. The summed E-state index contributed by atoms with van der Waals surface area (Å²) in [5, 5.41) is 2.72. The highest BCUT2D eigenvalue weighted by atomic mass is 14.6. The van der Waals surface area contributed by atoms with Gasteiger partial charge in [-0.1, -0.05) is 49.2 Å². The van der Waals surface area contributed by atoms with Crippen molar-refractivity contribution in [2.45, 2.75) is 38.0 Å². The highest BCUT2D eigenvalue weighted by Gasteiger charge is 2.34. The number of hydrogen-bond donors (Lipinski definition) is 1. The second kappa shape index (κ2) is 4.40. The predicted octanol–water partition coefficient (Wildman–Crippen LogP) is 3.92. The van der Waals surface area contributed by atoms with Gasteiger partial charge in [0.05, 0.1) is 0 Å². The van der Waals surface area contributed by atoms with Crippen LogP contribution in [0.15, 0.2) is 36.4 Å². The van der Waals surface area contributed by atoms with E-state index >= 15 is 0 Å². The summed E-state index contributed by atoms with van der Waals surface area (Å²) in [6.07, 6.45) is 5.15. The molecule has 0 saturated heterocycles. The Hall–Kier alpha value is -1.34. The molecule has 1 fully saturated rings. The van der Waals surface area contributed by atoms with Gasteiger partial charge in [0.15, 0.2) is 0 Å². The molecule has 3 rings (SSSR count). The Morgan fingerprint density at radius 3 is 2.61 bits per heavy atom. The molecule has 0 radical (unpaired) electrons. The van der Waals surface area contributed by atoms with E-state index in [0.29, 0.717) is 0 Å². The fraction of sp³-hybridized carbons (Fsp3) is 0.412. The van der Waals surface area contributed by atoms with Crippen molar-refractivity contribution in [2.75, 3.05) is 6.54 Å². The Morgan fingerprint density at radius 2 is 1.89 bits per heavy atom. The lowest BCUT2D eigenvalue weighted by molar-refractivity contribution is 0.453. The lowest BCUT2D eigenvalue weighted by Crippen LogP contribution is -2.31. The number of nitrogens with two attached hydrogens (primary N) is 1. The van der Waals surface area contributed by atoms with E-state index in [-0.39, 0.29) is 5.41 Å². The molecule has 1 aliphatic rings. The van der Waals surface area contributed by atoms with Crippen molar-refractivity contribution >= 4 is 10.8 Å².